The second kappa shape index (κ2) is 3.16. The van der Waals surface area contributed by atoms with Crippen molar-refractivity contribution >= 4 is 0 Å². The van der Waals surface area contributed by atoms with Crippen molar-refractivity contribution in [2.45, 2.75) is 69.7 Å². The second-order valence-corrected chi connectivity index (χ2v) is 8.66. The third kappa shape index (κ3) is 1.14. The van der Waals surface area contributed by atoms with E-state index < -0.39 is 0 Å². The van der Waals surface area contributed by atoms with Gasteiger partial charge in [-0.25, -0.2) is 0 Å². The van der Waals surface area contributed by atoms with Gasteiger partial charge in [0.15, 0.2) is 0 Å². The summed E-state index contributed by atoms with van der Waals surface area (Å²) in [5.41, 5.74) is 7.94. The first kappa shape index (κ1) is 10.7. The molecule has 2 N–H and O–H groups in total. The topological polar surface area (TPSA) is 26.0 Å². The highest BCUT2D eigenvalue weighted by Crippen LogP contribution is 2.73. The highest BCUT2D eigenvalue weighted by molar-refractivity contribution is 5.26. The maximum atomic E-state index is 7.01. The van der Waals surface area contributed by atoms with E-state index in [4.69, 9.17) is 5.73 Å². The zero-order valence-corrected chi connectivity index (χ0v) is 11.5. The van der Waals surface area contributed by atoms with Crippen molar-refractivity contribution in [3.05, 3.63) is 0 Å². The summed E-state index contributed by atoms with van der Waals surface area (Å²) in [5.74, 6) is 5.21. The highest BCUT2D eigenvalue weighted by Gasteiger charge is 2.71. The van der Waals surface area contributed by atoms with Crippen LogP contribution in [0.25, 0.3) is 0 Å². The third-order valence-electron chi connectivity index (χ3n) is 7.88. The lowest BCUT2D eigenvalue weighted by atomic mass is 9.49. The fraction of sp³-hybridized carbons (Fsp3) is 1.00. The van der Waals surface area contributed by atoms with E-state index in [0.717, 1.165) is 29.6 Å². The van der Waals surface area contributed by atoms with E-state index in [9.17, 15) is 0 Å². The number of nitrogens with two attached hydrogens (primary N) is 1. The van der Waals surface area contributed by atoms with Crippen LogP contribution in [0.1, 0.15) is 64.2 Å². The third-order valence-corrected chi connectivity index (χ3v) is 7.88. The van der Waals surface area contributed by atoms with Gasteiger partial charge in [-0.3, -0.25) is 0 Å². The molecular formula is C17H27N. The Labute approximate surface area is 111 Å². The Hall–Kier alpha value is -0.0400. The molecule has 18 heavy (non-hydrogen) atoms. The van der Waals surface area contributed by atoms with Crippen molar-refractivity contribution in [3.8, 4) is 0 Å². The average Bonchev–Trinajstić information content (AvgIpc) is 2.69. The van der Waals surface area contributed by atoms with Crippen LogP contribution in [-0.4, -0.2) is 5.54 Å². The van der Waals surface area contributed by atoms with Crippen LogP contribution in [0.2, 0.25) is 0 Å². The van der Waals surface area contributed by atoms with Crippen LogP contribution in [0.3, 0.4) is 0 Å². The monoisotopic (exact) mass is 245 g/mol. The zero-order chi connectivity index (χ0) is 12.0. The fourth-order valence-corrected chi connectivity index (χ4v) is 7.45. The predicted molar refractivity (Wildman–Crippen MR) is 73.0 cm³/mol. The summed E-state index contributed by atoms with van der Waals surface area (Å²) in [5, 5.41) is 0. The molecule has 0 heterocycles. The lowest BCUT2D eigenvalue weighted by Gasteiger charge is -2.57. The van der Waals surface area contributed by atoms with Crippen LogP contribution in [0.15, 0.2) is 0 Å². The summed E-state index contributed by atoms with van der Waals surface area (Å²) in [4.78, 5) is 0. The van der Waals surface area contributed by atoms with Crippen LogP contribution in [0.4, 0.5) is 0 Å². The van der Waals surface area contributed by atoms with Gasteiger partial charge < -0.3 is 5.73 Å². The van der Waals surface area contributed by atoms with Gasteiger partial charge in [0.25, 0.3) is 0 Å². The molecule has 1 atom stereocenters. The van der Waals surface area contributed by atoms with Gasteiger partial charge in [-0.1, -0.05) is 12.8 Å². The molecule has 0 radical (unpaired) electrons. The van der Waals surface area contributed by atoms with E-state index in [0.29, 0.717) is 11.0 Å². The molecule has 4 bridgehead atoms. The number of hydrogen-bond donors (Lipinski definition) is 1. The van der Waals surface area contributed by atoms with Crippen LogP contribution in [0.5, 0.6) is 0 Å². The maximum absolute atomic E-state index is 7.01. The van der Waals surface area contributed by atoms with Crippen LogP contribution >= 0.6 is 0 Å². The molecule has 1 spiro atoms. The summed E-state index contributed by atoms with van der Waals surface area (Å²) in [6.07, 6.45) is 15.0. The lowest BCUT2D eigenvalue weighted by Crippen LogP contribution is -2.54. The van der Waals surface area contributed by atoms with E-state index in [1.807, 2.05) is 0 Å². The smallest absolute Gasteiger partial charge is 0.0252 e. The van der Waals surface area contributed by atoms with Crippen LogP contribution in [0, 0.1) is 35.0 Å². The normalized spacial score (nSPS) is 59.5. The molecule has 0 aromatic heterocycles. The Bertz CT molecular complexity index is 353. The van der Waals surface area contributed by atoms with Crippen LogP contribution in [-0.2, 0) is 0 Å². The van der Waals surface area contributed by atoms with Crippen LogP contribution < -0.4 is 5.73 Å². The van der Waals surface area contributed by atoms with Gasteiger partial charge in [-0.05, 0) is 86.4 Å². The van der Waals surface area contributed by atoms with Gasteiger partial charge in [0.2, 0.25) is 0 Å². The SMILES string of the molecule is NC1(C2C3CC4CC(C3)CC2C4)CC12CCCC2. The first-order valence-electron chi connectivity index (χ1n) is 8.49. The first-order valence-corrected chi connectivity index (χ1v) is 8.49. The van der Waals surface area contributed by atoms with Gasteiger partial charge in [0.1, 0.15) is 0 Å². The summed E-state index contributed by atoms with van der Waals surface area (Å²) in [6.45, 7) is 0. The molecule has 0 saturated heterocycles. The van der Waals surface area contributed by atoms with Crippen molar-refractivity contribution in [2.75, 3.05) is 0 Å². The predicted octanol–water partition coefficient (Wildman–Crippen LogP) is 3.72. The van der Waals surface area contributed by atoms with Crippen molar-refractivity contribution in [2.24, 2.45) is 40.7 Å². The minimum atomic E-state index is 0.298. The Morgan fingerprint density at radius 3 is 1.89 bits per heavy atom. The van der Waals surface area contributed by atoms with E-state index in [2.05, 4.69) is 0 Å². The van der Waals surface area contributed by atoms with Crippen molar-refractivity contribution in [3.63, 3.8) is 0 Å². The van der Waals surface area contributed by atoms with Gasteiger partial charge in [-0.2, -0.15) is 0 Å². The van der Waals surface area contributed by atoms with Crippen molar-refractivity contribution in [1.29, 1.82) is 0 Å². The molecule has 6 rings (SSSR count). The Balaban J connectivity index is 1.47. The standard InChI is InChI=1S/C17H27N/c18-17(10-16(17)3-1-2-4-16)15-13-6-11-5-12(8-13)9-14(15)7-11/h11-15H,1-10,18H2. The first-order chi connectivity index (χ1) is 8.70. The Morgan fingerprint density at radius 2 is 1.33 bits per heavy atom. The van der Waals surface area contributed by atoms with E-state index in [1.54, 1.807) is 32.1 Å². The van der Waals surface area contributed by atoms with E-state index in [-0.39, 0.29) is 0 Å². The summed E-state index contributed by atoms with van der Waals surface area (Å²) < 4.78 is 0. The molecule has 6 aliphatic carbocycles. The molecule has 6 fully saturated rings. The lowest BCUT2D eigenvalue weighted by molar-refractivity contribution is -0.0576. The second-order valence-electron chi connectivity index (χ2n) is 8.66. The summed E-state index contributed by atoms with van der Waals surface area (Å²) in [6, 6.07) is 0. The van der Waals surface area contributed by atoms with E-state index in [1.165, 1.54) is 32.1 Å². The molecule has 0 aromatic rings. The molecule has 1 heteroatoms. The number of rotatable bonds is 1. The molecule has 100 valence electrons. The molecule has 1 unspecified atom stereocenters. The largest absolute Gasteiger partial charge is 0.324 e. The molecule has 0 aromatic carbocycles. The van der Waals surface area contributed by atoms with Crippen molar-refractivity contribution < 1.29 is 0 Å². The molecule has 6 aliphatic rings. The zero-order valence-electron chi connectivity index (χ0n) is 11.5. The Kier molecular flexibility index (Phi) is 1.88. The van der Waals surface area contributed by atoms with Gasteiger partial charge in [-0.15, -0.1) is 0 Å². The summed E-state index contributed by atoms with van der Waals surface area (Å²) in [7, 11) is 0. The van der Waals surface area contributed by atoms with Gasteiger partial charge in [0.05, 0.1) is 0 Å². The molecular weight excluding hydrogens is 218 g/mol. The van der Waals surface area contributed by atoms with E-state index >= 15 is 0 Å². The average molecular weight is 245 g/mol. The highest BCUT2D eigenvalue weighted by atomic mass is 15.0. The minimum absolute atomic E-state index is 0.298. The van der Waals surface area contributed by atoms with Gasteiger partial charge in [0, 0.05) is 5.54 Å². The van der Waals surface area contributed by atoms with Crippen molar-refractivity contribution in [1.82, 2.24) is 0 Å². The molecule has 6 saturated carbocycles. The Morgan fingerprint density at radius 1 is 0.778 bits per heavy atom. The number of hydrogen-bond acceptors (Lipinski definition) is 1. The summed E-state index contributed by atoms with van der Waals surface area (Å²) >= 11 is 0. The molecule has 0 amide bonds. The maximum Gasteiger partial charge on any atom is 0.0252 e. The van der Waals surface area contributed by atoms with Gasteiger partial charge >= 0.3 is 0 Å². The fourth-order valence-electron chi connectivity index (χ4n) is 7.45. The molecule has 1 nitrogen and oxygen atoms in total. The quantitative estimate of drug-likeness (QED) is 0.748. The molecule has 0 aliphatic heterocycles. The minimum Gasteiger partial charge on any atom is -0.324 e.